The van der Waals surface area contributed by atoms with E-state index in [-0.39, 0.29) is 11.9 Å². The Morgan fingerprint density at radius 1 is 0.742 bits per heavy atom. The number of carbonyl (C=O) groups excluding carboxylic acids is 1. The molecular weight excluding hydrogens is 388 g/mol. The summed E-state index contributed by atoms with van der Waals surface area (Å²) in [5.41, 5.74) is 3.13. The van der Waals surface area contributed by atoms with Crippen LogP contribution >= 0.6 is 0 Å². The first-order chi connectivity index (χ1) is 15.2. The zero-order valence-electron chi connectivity index (χ0n) is 18.0. The molecule has 160 valence electrons. The molecule has 1 aliphatic heterocycles. The van der Waals surface area contributed by atoms with Crippen molar-refractivity contribution in [2.75, 3.05) is 40.4 Å². The van der Waals surface area contributed by atoms with Gasteiger partial charge in [-0.05, 0) is 23.3 Å². The molecule has 0 atom stereocenters. The minimum atomic E-state index is 0.00724. The lowest BCUT2D eigenvalue weighted by Crippen LogP contribution is -2.49. The van der Waals surface area contributed by atoms with E-state index in [2.05, 4.69) is 53.4 Å². The maximum Gasteiger partial charge on any atom is 0.254 e. The maximum atomic E-state index is 13.1. The van der Waals surface area contributed by atoms with Crippen LogP contribution in [0, 0.1) is 0 Å². The van der Waals surface area contributed by atoms with Crippen molar-refractivity contribution in [2.24, 2.45) is 0 Å². The quantitative estimate of drug-likeness (QED) is 0.602. The molecule has 0 N–H and O–H groups in total. The second kappa shape index (κ2) is 9.67. The fourth-order valence-corrected chi connectivity index (χ4v) is 4.18. The SMILES string of the molecule is COc1cc(OC)cc(C(=O)N2CCN(C(c3ccccc3)c3ccccc3)CC2)c1. The molecule has 0 aliphatic carbocycles. The van der Waals surface area contributed by atoms with Crippen LogP contribution in [0.1, 0.15) is 27.5 Å². The molecule has 4 rings (SSSR count). The van der Waals surface area contributed by atoms with E-state index in [4.69, 9.17) is 9.47 Å². The van der Waals surface area contributed by atoms with E-state index >= 15 is 0 Å². The van der Waals surface area contributed by atoms with E-state index in [9.17, 15) is 4.79 Å². The molecule has 1 fully saturated rings. The molecule has 31 heavy (non-hydrogen) atoms. The Balaban J connectivity index is 1.51. The summed E-state index contributed by atoms with van der Waals surface area (Å²) in [4.78, 5) is 17.5. The van der Waals surface area contributed by atoms with Gasteiger partial charge in [-0.25, -0.2) is 0 Å². The summed E-state index contributed by atoms with van der Waals surface area (Å²) < 4.78 is 10.6. The van der Waals surface area contributed by atoms with Gasteiger partial charge in [-0.3, -0.25) is 9.69 Å². The molecule has 1 aliphatic rings. The van der Waals surface area contributed by atoms with Crippen LogP contribution < -0.4 is 9.47 Å². The molecule has 0 bridgehead atoms. The van der Waals surface area contributed by atoms with Gasteiger partial charge in [-0.1, -0.05) is 60.7 Å². The molecule has 0 saturated carbocycles. The number of nitrogens with zero attached hydrogens (tertiary/aromatic N) is 2. The van der Waals surface area contributed by atoms with Crippen molar-refractivity contribution in [3.05, 3.63) is 95.6 Å². The second-order valence-electron chi connectivity index (χ2n) is 7.65. The molecule has 0 aromatic heterocycles. The van der Waals surface area contributed by atoms with E-state index < -0.39 is 0 Å². The second-order valence-corrected chi connectivity index (χ2v) is 7.65. The highest BCUT2D eigenvalue weighted by Crippen LogP contribution is 2.30. The smallest absolute Gasteiger partial charge is 0.254 e. The van der Waals surface area contributed by atoms with E-state index in [1.807, 2.05) is 17.0 Å². The monoisotopic (exact) mass is 416 g/mol. The number of benzene rings is 3. The summed E-state index contributed by atoms with van der Waals surface area (Å²) in [6.45, 7) is 2.96. The van der Waals surface area contributed by atoms with Gasteiger partial charge in [0.15, 0.2) is 0 Å². The summed E-state index contributed by atoms with van der Waals surface area (Å²) in [6.07, 6.45) is 0. The number of amides is 1. The van der Waals surface area contributed by atoms with Crippen LogP contribution in [0.5, 0.6) is 11.5 Å². The largest absolute Gasteiger partial charge is 0.497 e. The van der Waals surface area contributed by atoms with E-state index in [1.165, 1.54) is 11.1 Å². The molecule has 0 radical (unpaired) electrons. The zero-order chi connectivity index (χ0) is 21.6. The lowest BCUT2D eigenvalue weighted by atomic mass is 9.96. The first-order valence-electron chi connectivity index (χ1n) is 10.6. The Morgan fingerprint density at radius 2 is 1.23 bits per heavy atom. The minimum absolute atomic E-state index is 0.00724. The number of hydrogen-bond donors (Lipinski definition) is 0. The van der Waals surface area contributed by atoms with Gasteiger partial charge in [0, 0.05) is 37.8 Å². The number of rotatable bonds is 6. The topological polar surface area (TPSA) is 42.0 Å². The average molecular weight is 417 g/mol. The van der Waals surface area contributed by atoms with Crippen molar-refractivity contribution in [2.45, 2.75) is 6.04 Å². The first-order valence-corrected chi connectivity index (χ1v) is 10.6. The number of ether oxygens (including phenoxy) is 2. The van der Waals surface area contributed by atoms with Gasteiger partial charge >= 0.3 is 0 Å². The van der Waals surface area contributed by atoms with Gasteiger partial charge in [0.2, 0.25) is 0 Å². The lowest BCUT2D eigenvalue weighted by molar-refractivity contribution is 0.0596. The van der Waals surface area contributed by atoms with Gasteiger partial charge < -0.3 is 14.4 Å². The predicted octanol–water partition coefficient (Wildman–Crippen LogP) is 4.25. The summed E-state index contributed by atoms with van der Waals surface area (Å²) in [7, 11) is 3.18. The molecular formula is C26H28N2O3. The molecule has 0 spiro atoms. The van der Waals surface area contributed by atoms with Crippen LogP contribution in [0.3, 0.4) is 0 Å². The fourth-order valence-electron chi connectivity index (χ4n) is 4.18. The van der Waals surface area contributed by atoms with Gasteiger partial charge in [0.1, 0.15) is 11.5 Å². The van der Waals surface area contributed by atoms with Gasteiger partial charge in [-0.2, -0.15) is 0 Å². The van der Waals surface area contributed by atoms with Crippen molar-refractivity contribution in [3.8, 4) is 11.5 Å². The van der Waals surface area contributed by atoms with Crippen LogP contribution in [0.4, 0.5) is 0 Å². The zero-order valence-corrected chi connectivity index (χ0v) is 18.0. The van der Waals surface area contributed by atoms with E-state index in [0.717, 1.165) is 13.1 Å². The highest BCUT2D eigenvalue weighted by Gasteiger charge is 2.28. The third-order valence-corrected chi connectivity index (χ3v) is 5.80. The molecule has 0 unspecified atom stereocenters. The third-order valence-electron chi connectivity index (χ3n) is 5.80. The van der Waals surface area contributed by atoms with Gasteiger partial charge in [-0.15, -0.1) is 0 Å². The van der Waals surface area contributed by atoms with Crippen LogP contribution in [-0.4, -0.2) is 56.1 Å². The van der Waals surface area contributed by atoms with Crippen LogP contribution in [0.2, 0.25) is 0 Å². The molecule has 3 aromatic rings. The highest BCUT2D eigenvalue weighted by atomic mass is 16.5. The van der Waals surface area contributed by atoms with Crippen molar-refractivity contribution >= 4 is 5.91 Å². The number of hydrogen-bond acceptors (Lipinski definition) is 4. The van der Waals surface area contributed by atoms with Crippen LogP contribution in [0.25, 0.3) is 0 Å². The number of methoxy groups -OCH3 is 2. The molecule has 5 nitrogen and oxygen atoms in total. The van der Waals surface area contributed by atoms with Crippen LogP contribution in [0.15, 0.2) is 78.9 Å². The van der Waals surface area contributed by atoms with Gasteiger partial charge in [0.05, 0.1) is 20.3 Å². The summed E-state index contributed by atoms with van der Waals surface area (Å²) in [5, 5.41) is 0. The Kier molecular flexibility index (Phi) is 6.53. The standard InChI is InChI=1S/C26H28N2O3/c1-30-23-17-22(18-24(19-23)31-2)26(29)28-15-13-27(14-16-28)25(20-9-5-3-6-10-20)21-11-7-4-8-12-21/h3-12,17-19,25H,13-16H2,1-2H3. The maximum absolute atomic E-state index is 13.1. The molecule has 3 aromatic carbocycles. The Bertz CT molecular complexity index is 938. The molecule has 1 amide bonds. The first kappa shape index (κ1) is 20.9. The van der Waals surface area contributed by atoms with Crippen molar-refractivity contribution in [1.82, 2.24) is 9.80 Å². The molecule has 1 saturated heterocycles. The lowest BCUT2D eigenvalue weighted by Gasteiger charge is -2.39. The van der Waals surface area contributed by atoms with Crippen LogP contribution in [-0.2, 0) is 0 Å². The predicted molar refractivity (Wildman–Crippen MR) is 122 cm³/mol. The Hall–Kier alpha value is -3.31. The van der Waals surface area contributed by atoms with Crippen molar-refractivity contribution < 1.29 is 14.3 Å². The highest BCUT2D eigenvalue weighted by molar-refractivity contribution is 5.95. The third kappa shape index (κ3) is 4.72. The summed E-state index contributed by atoms with van der Waals surface area (Å²) in [6, 6.07) is 26.6. The van der Waals surface area contributed by atoms with E-state index in [0.29, 0.717) is 30.2 Å². The summed E-state index contributed by atoms with van der Waals surface area (Å²) in [5.74, 6) is 1.25. The number of carbonyl (C=O) groups is 1. The normalized spacial score (nSPS) is 14.5. The Labute approximate surface area is 183 Å². The van der Waals surface area contributed by atoms with E-state index in [1.54, 1.807) is 32.4 Å². The number of piperazine rings is 1. The fraction of sp³-hybridized carbons (Fsp3) is 0.269. The average Bonchev–Trinajstić information content (AvgIpc) is 2.85. The van der Waals surface area contributed by atoms with Gasteiger partial charge in [0.25, 0.3) is 5.91 Å². The van der Waals surface area contributed by atoms with Crippen molar-refractivity contribution in [1.29, 1.82) is 0 Å². The minimum Gasteiger partial charge on any atom is -0.497 e. The molecule has 5 heteroatoms. The van der Waals surface area contributed by atoms with Crippen molar-refractivity contribution in [3.63, 3.8) is 0 Å². The molecule has 1 heterocycles. The Morgan fingerprint density at radius 3 is 1.68 bits per heavy atom. The summed E-state index contributed by atoms with van der Waals surface area (Å²) >= 11 is 0.